The minimum absolute atomic E-state index is 0.0592. The Bertz CT molecular complexity index is 1690. The lowest BCUT2D eigenvalue weighted by Crippen LogP contribution is -2.54. The number of aryl methyl sites for hydroxylation is 1. The van der Waals surface area contributed by atoms with E-state index in [1.165, 1.54) is 12.1 Å². The highest BCUT2D eigenvalue weighted by Crippen LogP contribution is 2.27. The average molecular weight is 689 g/mol. The summed E-state index contributed by atoms with van der Waals surface area (Å²) < 4.78 is 30.1. The third-order valence-corrected chi connectivity index (χ3v) is 10.6. The van der Waals surface area contributed by atoms with Crippen LogP contribution in [0.4, 0.5) is 5.69 Å². The molecule has 9 heteroatoms. The molecule has 0 aliphatic heterocycles. The zero-order valence-corrected chi connectivity index (χ0v) is 27.7. The summed E-state index contributed by atoms with van der Waals surface area (Å²) >= 11 is 3.42. The van der Waals surface area contributed by atoms with Crippen LogP contribution in [-0.2, 0) is 32.6 Å². The number of hydrogen-bond acceptors (Lipinski definition) is 4. The molecule has 2 amide bonds. The molecule has 1 aliphatic carbocycles. The van der Waals surface area contributed by atoms with Crippen molar-refractivity contribution in [1.29, 1.82) is 0 Å². The third kappa shape index (κ3) is 8.21. The molecule has 1 saturated carbocycles. The second-order valence-electron chi connectivity index (χ2n) is 11.4. The molecule has 234 valence electrons. The number of anilines is 1. The van der Waals surface area contributed by atoms with Crippen LogP contribution in [-0.4, -0.2) is 43.8 Å². The van der Waals surface area contributed by atoms with Crippen LogP contribution in [0.3, 0.4) is 0 Å². The van der Waals surface area contributed by atoms with Crippen molar-refractivity contribution in [3.8, 4) is 0 Å². The quantitative estimate of drug-likeness (QED) is 0.181. The Balaban J connectivity index is 1.56. The number of carbonyl (C=O) groups is 2. The van der Waals surface area contributed by atoms with E-state index in [2.05, 4.69) is 21.2 Å². The number of carbonyl (C=O) groups excluding carboxylic acids is 2. The number of sulfonamides is 1. The van der Waals surface area contributed by atoms with E-state index < -0.39 is 28.5 Å². The summed E-state index contributed by atoms with van der Waals surface area (Å²) in [5, 5.41) is 3.21. The molecule has 0 spiro atoms. The summed E-state index contributed by atoms with van der Waals surface area (Å²) in [6.07, 6.45) is 4.21. The Morgan fingerprint density at radius 3 is 2.09 bits per heavy atom. The van der Waals surface area contributed by atoms with Crippen LogP contribution in [0.25, 0.3) is 0 Å². The number of rotatable bonds is 12. The van der Waals surface area contributed by atoms with Gasteiger partial charge in [0.1, 0.15) is 12.6 Å². The van der Waals surface area contributed by atoms with Crippen LogP contribution in [0.5, 0.6) is 0 Å². The molecule has 1 fully saturated rings. The molecule has 45 heavy (non-hydrogen) atoms. The topological polar surface area (TPSA) is 86.8 Å². The van der Waals surface area contributed by atoms with Gasteiger partial charge >= 0.3 is 0 Å². The largest absolute Gasteiger partial charge is 0.352 e. The number of nitrogens with zero attached hydrogens (tertiary/aromatic N) is 2. The summed E-state index contributed by atoms with van der Waals surface area (Å²) in [5.74, 6) is -0.697. The highest BCUT2D eigenvalue weighted by molar-refractivity contribution is 9.10. The van der Waals surface area contributed by atoms with Crippen molar-refractivity contribution in [2.75, 3.05) is 10.8 Å². The van der Waals surface area contributed by atoms with E-state index >= 15 is 0 Å². The molecule has 5 rings (SSSR count). The van der Waals surface area contributed by atoms with Crippen LogP contribution >= 0.6 is 15.9 Å². The van der Waals surface area contributed by atoms with Crippen molar-refractivity contribution in [2.24, 2.45) is 0 Å². The van der Waals surface area contributed by atoms with Crippen molar-refractivity contribution in [2.45, 2.75) is 62.6 Å². The van der Waals surface area contributed by atoms with Gasteiger partial charge in [0.05, 0.1) is 10.6 Å². The number of nitrogens with one attached hydrogen (secondary N) is 1. The van der Waals surface area contributed by atoms with E-state index in [9.17, 15) is 18.0 Å². The van der Waals surface area contributed by atoms with Crippen LogP contribution in [0, 0.1) is 6.92 Å². The van der Waals surface area contributed by atoms with E-state index in [0.717, 1.165) is 51.2 Å². The van der Waals surface area contributed by atoms with Crippen LogP contribution in [0.1, 0.15) is 42.4 Å². The van der Waals surface area contributed by atoms with Crippen molar-refractivity contribution in [3.63, 3.8) is 0 Å². The molecule has 0 bridgehead atoms. The molecule has 1 N–H and O–H groups in total. The lowest BCUT2D eigenvalue weighted by molar-refractivity contribution is -0.140. The highest BCUT2D eigenvalue weighted by Gasteiger charge is 2.35. The highest BCUT2D eigenvalue weighted by atomic mass is 79.9. The smallest absolute Gasteiger partial charge is 0.264 e. The van der Waals surface area contributed by atoms with Gasteiger partial charge in [-0.25, -0.2) is 8.42 Å². The molecule has 0 unspecified atom stereocenters. The Kier molecular flexibility index (Phi) is 10.7. The zero-order chi connectivity index (χ0) is 31.8. The van der Waals surface area contributed by atoms with E-state index in [0.29, 0.717) is 12.1 Å². The minimum atomic E-state index is -4.13. The number of amides is 2. The van der Waals surface area contributed by atoms with Crippen molar-refractivity contribution in [1.82, 2.24) is 10.2 Å². The fourth-order valence-corrected chi connectivity index (χ4v) is 7.45. The number of hydrogen-bond donors (Lipinski definition) is 1. The molecular formula is C36H38BrN3O4S. The van der Waals surface area contributed by atoms with Crippen LogP contribution in [0.2, 0.25) is 0 Å². The molecule has 4 aromatic carbocycles. The maximum atomic E-state index is 14.6. The first-order valence-corrected chi connectivity index (χ1v) is 17.5. The van der Waals surface area contributed by atoms with Gasteiger partial charge in [0.25, 0.3) is 10.0 Å². The number of benzene rings is 4. The minimum Gasteiger partial charge on any atom is -0.352 e. The summed E-state index contributed by atoms with van der Waals surface area (Å²) in [4.78, 5) is 30.3. The van der Waals surface area contributed by atoms with Gasteiger partial charge in [-0.15, -0.1) is 0 Å². The first kappa shape index (κ1) is 32.4. The second kappa shape index (κ2) is 14.9. The predicted molar refractivity (Wildman–Crippen MR) is 181 cm³/mol. The van der Waals surface area contributed by atoms with E-state index in [-0.39, 0.29) is 23.4 Å². The van der Waals surface area contributed by atoms with Gasteiger partial charge in [0, 0.05) is 23.5 Å². The van der Waals surface area contributed by atoms with Crippen LogP contribution in [0.15, 0.2) is 119 Å². The van der Waals surface area contributed by atoms with Gasteiger partial charge in [-0.1, -0.05) is 102 Å². The summed E-state index contributed by atoms with van der Waals surface area (Å²) in [6.45, 7) is 1.64. The Morgan fingerprint density at radius 1 is 0.844 bits per heavy atom. The lowest BCUT2D eigenvalue weighted by atomic mass is 10.0. The van der Waals surface area contributed by atoms with E-state index in [1.807, 2.05) is 61.5 Å². The molecule has 7 nitrogen and oxygen atoms in total. The Hall–Kier alpha value is -3.95. The first-order chi connectivity index (χ1) is 21.7. The fourth-order valence-electron chi connectivity index (χ4n) is 5.75. The molecule has 0 saturated heterocycles. The normalized spacial score (nSPS) is 14.1. The second-order valence-corrected chi connectivity index (χ2v) is 14.2. The summed E-state index contributed by atoms with van der Waals surface area (Å²) in [5.41, 5.74) is 3.12. The van der Waals surface area contributed by atoms with Crippen molar-refractivity contribution in [3.05, 3.63) is 130 Å². The van der Waals surface area contributed by atoms with Gasteiger partial charge in [-0.3, -0.25) is 13.9 Å². The van der Waals surface area contributed by atoms with Gasteiger partial charge < -0.3 is 10.2 Å². The first-order valence-electron chi connectivity index (χ1n) is 15.2. The molecule has 1 atom stereocenters. The maximum absolute atomic E-state index is 14.6. The average Bonchev–Trinajstić information content (AvgIpc) is 3.56. The molecule has 1 aliphatic rings. The van der Waals surface area contributed by atoms with Crippen LogP contribution < -0.4 is 9.62 Å². The Morgan fingerprint density at radius 2 is 1.44 bits per heavy atom. The van der Waals surface area contributed by atoms with Gasteiger partial charge in [-0.05, 0) is 72.9 Å². The van der Waals surface area contributed by atoms with E-state index in [1.54, 1.807) is 47.4 Å². The Labute approximate surface area is 274 Å². The standard InChI is InChI=1S/C36H38BrN3O4S/c1-27-12-8-9-15-29(27)25-39(34(24-28-13-4-2-5-14-28)36(42)38-31-16-10-11-17-31)35(41)26-40(32-22-20-30(37)21-23-32)45(43,44)33-18-6-3-7-19-33/h2-9,12-15,18-23,31,34H,10-11,16-17,24-26H2,1H3,(H,38,42)/t34-/m1/s1. The van der Waals surface area contributed by atoms with Crippen molar-refractivity contribution >= 4 is 43.5 Å². The summed E-state index contributed by atoms with van der Waals surface area (Å²) in [6, 6.07) is 31.5. The maximum Gasteiger partial charge on any atom is 0.264 e. The zero-order valence-electron chi connectivity index (χ0n) is 25.3. The van der Waals surface area contributed by atoms with Crippen molar-refractivity contribution < 1.29 is 18.0 Å². The monoisotopic (exact) mass is 687 g/mol. The van der Waals surface area contributed by atoms with Gasteiger partial charge in [0.2, 0.25) is 11.8 Å². The third-order valence-electron chi connectivity index (χ3n) is 8.30. The number of halogens is 1. The van der Waals surface area contributed by atoms with Gasteiger partial charge in [0.15, 0.2) is 0 Å². The fraction of sp³-hybridized carbons (Fsp3) is 0.278. The summed E-state index contributed by atoms with van der Waals surface area (Å²) in [7, 11) is -4.13. The molecule has 4 aromatic rings. The molecule has 0 radical (unpaired) electrons. The van der Waals surface area contributed by atoms with Gasteiger partial charge in [-0.2, -0.15) is 0 Å². The molecule has 0 aromatic heterocycles. The molecular weight excluding hydrogens is 650 g/mol. The predicted octanol–water partition coefficient (Wildman–Crippen LogP) is 6.65. The SMILES string of the molecule is Cc1ccccc1CN(C(=O)CN(c1ccc(Br)cc1)S(=O)(=O)c1ccccc1)[C@H](Cc1ccccc1)C(=O)NC1CCCC1. The molecule has 0 heterocycles. The van der Waals surface area contributed by atoms with E-state index in [4.69, 9.17) is 0 Å². The lowest BCUT2D eigenvalue weighted by Gasteiger charge is -2.34.